The molecule has 2 aromatic carbocycles. The highest BCUT2D eigenvalue weighted by atomic mass is 32.2. The lowest BCUT2D eigenvalue weighted by atomic mass is 10.0. The molecular formula is C22H20N4O3S2. The van der Waals surface area contributed by atoms with Crippen LogP contribution >= 0.6 is 23.1 Å². The molecule has 158 valence electrons. The smallest absolute Gasteiger partial charge is 0.235 e. The highest BCUT2D eigenvalue weighted by Crippen LogP contribution is 2.46. The van der Waals surface area contributed by atoms with E-state index in [4.69, 9.17) is 19.6 Å². The lowest BCUT2D eigenvalue weighted by Crippen LogP contribution is -2.15. The summed E-state index contributed by atoms with van der Waals surface area (Å²) in [5.74, 6) is 2.28. The molecule has 1 atom stereocenters. The number of amides is 1. The van der Waals surface area contributed by atoms with Gasteiger partial charge in [-0.15, -0.1) is 11.8 Å². The number of hydrogen-bond acceptors (Lipinski definition) is 7. The van der Waals surface area contributed by atoms with Crippen LogP contribution in [0, 0.1) is 6.92 Å². The molecular weight excluding hydrogens is 432 g/mol. The second-order valence-electron chi connectivity index (χ2n) is 7.08. The zero-order valence-corrected chi connectivity index (χ0v) is 18.8. The maximum absolute atomic E-state index is 12.6. The minimum Gasteiger partial charge on any atom is -0.493 e. The molecule has 0 radical (unpaired) electrons. The monoisotopic (exact) mass is 452 g/mol. The van der Waals surface area contributed by atoms with Gasteiger partial charge in [-0.2, -0.15) is 9.78 Å². The van der Waals surface area contributed by atoms with Gasteiger partial charge < -0.3 is 14.8 Å². The summed E-state index contributed by atoms with van der Waals surface area (Å²) in [4.78, 5) is 17.3. The van der Waals surface area contributed by atoms with Crippen molar-refractivity contribution in [2.24, 2.45) is 0 Å². The van der Waals surface area contributed by atoms with E-state index in [1.165, 1.54) is 0 Å². The van der Waals surface area contributed by atoms with Crippen LogP contribution in [0.3, 0.4) is 0 Å². The number of para-hydroxylation sites is 1. The Kier molecular flexibility index (Phi) is 5.07. The lowest BCUT2D eigenvalue weighted by molar-refractivity contribution is -0.113. The standard InChI is InChI=1S/C22H20N4O3S2/c1-12-19-20(13-8-9-15(28-2)16(10-13)29-3)30-11-18(27)24-21(19)26(25-12)22-23-14-6-4-5-7-17(14)31-22/h4-10,20H,11H2,1-3H3,(H,24,27)/t20-/m0/s1. The van der Waals surface area contributed by atoms with E-state index in [0.29, 0.717) is 23.1 Å². The average Bonchev–Trinajstić information content (AvgIpc) is 3.29. The van der Waals surface area contributed by atoms with Crippen molar-refractivity contribution in [1.82, 2.24) is 14.8 Å². The van der Waals surface area contributed by atoms with Gasteiger partial charge in [0.15, 0.2) is 11.5 Å². The number of thiazole rings is 1. The molecule has 2 aromatic heterocycles. The number of aryl methyl sites for hydroxylation is 1. The molecule has 1 aliphatic rings. The van der Waals surface area contributed by atoms with Crippen LogP contribution in [0.1, 0.15) is 22.1 Å². The fourth-order valence-electron chi connectivity index (χ4n) is 3.75. The molecule has 5 rings (SSSR count). The third-order valence-electron chi connectivity index (χ3n) is 5.18. The molecule has 0 unspecified atom stereocenters. The van der Waals surface area contributed by atoms with Gasteiger partial charge in [-0.05, 0) is 36.8 Å². The number of fused-ring (bicyclic) bond motifs is 2. The number of ether oxygens (including phenoxy) is 2. The summed E-state index contributed by atoms with van der Waals surface area (Å²) < 4.78 is 13.7. The summed E-state index contributed by atoms with van der Waals surface area (Å²) in [5.41, 5.74) is 3.76. The molecule has 0 aliphatic carbocycles. The molecule has 0 bridgehead atoms. The van der Waals surface area contributed by atoms with Crippen molar-refractivity contribution < 1.29 is 14.3 Å². The molecule has 1 N–H and O–H groups in total. The van der Waals surface area contributed by atoms with Gasteiger partial charge >= 0.3 is 0 Å². The molecule has 0 saturated carbocycles. The predicted molar refractivity (Wildman–Crippen MR) is 124 cm³/mol. The molecule has 0 spiro atoms. The van der Waals surface area contributed by atoms with Crippen molar-refractivity contribution in [3.8, 4) is 16.6 Å². The Bertz CT molecular complexity index is 1260. The van der Waals surface area contributed by atoms with E-state index >= 15 is 0 Å². The molecule has 9 heteroatoms. The minimum atomic E-state index is -0.0862. The van der Waals surface area contributed by atoms with Gasteiger partial charge in [0.05, 0.1) is 41.1 Å². The molecule has 7 nitrogen and oxygen atoms in total. The zero-order chi connectivity index (χ0) is 21.5. The summed E-state index contributed by atoms with van der Waals surface area (Å²) in [6.45, 7) is 1.97. The van der Waals surface area contributed by atoms with E-state index in [1.54, 1.807) is 42.0 Å². The highest BCUT2D eigenvalue weighted by molar-refractivity contribution is 8.00. The van der Waals surface area contributed by atoms with E-state index in [-0.39, 0.29) is 11.2 Å². The van der Waals surface area contributed by atoms with E-state index in [1.807, 2.05) is 49.4 Å². The number of hydrogen-bond donors (Lipinski definition) is 1. The van der Waals surface area contributed by atoms with Gasteiger partial charge in [-0.3, -0.25) is 4.79 Å². The molecule has 4 aromatic rings. The van der Waals surface area contributed by atoms with Crippen molar-refractivity contribution in [3.05, 3.63) is 59.3 Å². The Morgan fingerprint density at radius 2 is 1.94 bits per heavy atom. The van der Waals surface area contributed by atoms with Gasteiger partial charge in [0.25, 0.3) is 0 Å². The van der Waals surface area contributed by atoms with Crippen LogP contribution in [0.4, 0.5) is 5.82 Å². The largest absolute Gasteiger partial charge is 0.493 e. The van der Waals surface area contributed by atoms with Gasteiger partial charge in [0.1, 0.15) is 5.82 Å². The van der Waals surface area contributed by atoms with Crippen LogP contribution in [-0.4, -0.2) is 40.6 Å². The van der Waals surface area contributed by atoms with Crippen molar-refractivity contribution >= 4 is 45.0 Å². The quantitative estimate of drug-likeness (QED) is 0.488. The first kappa shape index (κ1) is 19.9. The number of nitrogens with zero attached hydrogens (tertiary/aromatic N) is 3. The summed E-state index contributed by atoms with van der Waals surface area (Å²) in [5, 5.41) is 8.46. The van der Waals surface area contributed by atoms with Crippen LogP contribution < -0.4 is 14.8 Å². The van der Waals surface area contributed by atoms with Crippen molar-refractivity contribution in [1.29, 1.82) is 0 Å². The first-order valence-corrected chi connectivity index (χ1v) is 11.5. The second kappa shape index (κ2) is 7.90. The van der Waals surface area contributed by atoms with Crippen LogP contribution in [0.15, 0.2) is 42.5 Å². The number of rotatable bonds is 4. The molecule has 0 saturated heterocycles. The SMILES string of the molecule is COc1ccc([C@@H]2SCC(=O)Nc3c2c(C)nn3-c2nc3ccccc3s2)cc1OC. The van der Waals surface area contributed by atoms with E-state index in [0.717, 1.165) is 32.2 Å². The summed E-state index contributed by atoms with van der Waals surface area (Å²) >= 11 is 3.12. The van der Waals surface area contributed by atoms with Crippen molar-refractivity contribution in [2.45, 2.75) is 12.2 Å². The van der Waals surface area contributed by atoms with Gasteiger partial charge in [-0.1, -0.05) is 29.5 Å². The maximum Gasteiger partial charge on any atom is 0.235 e. The topological polar surface area (TPSA) is 78.3 Å². The first-order chi connectivity index (χ1) is 15.1. The average molecular weight is 453 g/mol. The van der Waals surface area contributed by atoms with Crippen LogP contribution in [-0.2, 0) is 4.79 Å². The fourth-order valence-corrected chi connectivity index (χ4v) is 5.85. The van der Waals surface area contributed by atoms with Crippen molar-refractivity contribution in [3.63, 3.8) is 0 Å². The van der Waals surface area contributed by atoms with Gasteiger partial charge in [0, 0.05) is 5.56 Å². The molecule has 3 heterocycles. The Morgan fingerprint density at radius 3 is 2.71 bits per heavy atom. The summed E-state index contributed by atoms with van der Waals surface area (Å²) in [7, 11) is 3.24. The van der Waals surface area contributed by atoms with E-state index < -0.39 is 0 Å². The Balaban J connectivity index is 1.66. The predicted octanol–water partition coefficient (Wildman–Crippen LogP) is 4.58. The van der Waals surface area contributed by atoms with Crippen LogP contribution in [0.2, 0.25) is 0 Å². The lowest BCUT2D eigenvalue weighted by Gasteiger charge is -2.17. The number of anilines is 1. The van der Waals surface area contributed by atoms with Crippen LogP contribution in [0.25, 0.3) is 15.3 Å². The Labute approximate surface area is 187 Å². The number of benzene rings is 2. The van der Waals surface area contributed by atoms with E-state index in [2.05, 4.69) is 5.32 Å². The Morgan fingerprint density at radius 1 is 1.13 bits per heavy atom. The van der Waals surface area contributed by atoms with E-state index in [9.17, 15) is 4.79 Å². The third kappa shape index (κ3) is 3.43. The normalized spacial score (nSPS) is 16.0. The van der Waals surface area contributed by atoms with Crippen molar-refractivity contribution in [2.75, 3.05) is 25.3 Å². The van der Waals surface area contributed by atoms with Crippen LogP contribution in [0.5, 0.6) is 11.5 Å². The number of nitrogens with one attached hydrogen (secondary N) is 1. The number of thioether (sulfide) groups is 1. The highest BCUT2D eigenvalue weighted by Gasteiger charge is 2.31. The molecule has 0 fully saturated rings. The third-order valence-corrected chi connectivity index (χ3v) is 7.46. The molecule has 1 aliphatic heterocycles. The first-order valence-electron chi connectivity index (χ1n) is 9.68. The molecule has 1 amide bonds. The number of methoxy groups -OCH3 is 2. The van der Waals surface area contributed by atoms with Gasteiger partial charge in [-0.25, -0.2) is 4.98 Å². The fraction of sp³-hybridized carbons (Fsp3) is 0.227. The maximum atomic E-state index is 12.6. The summed E-state index contributed by atoms with van der Waals surface area (Å²) in [6, 6.07) is 13.8. The Hall–Kier alpha value is -3.04. The second-order valence-corrected chi connectivity index (χ2v) is 9.18. The molecule has 31 heavy (non-hydrogen) atoms. The number of carbonyl (C=O) groups excluding carboxylic acids is 1. The number of aromatic nitrogens is 3. The number of carbonyl (C=O) groups is 1. The van der Waals surface area contributed by atoms with Gasteiger partial charge in [0.2, 0.25) is 11.0 Å². The summed E-state index contributed by atoms with van der Waals surface area (Å²) in [6.07, 6.45) is 0. The minimum absolute atomic E-state index is 0.0588. The zero-order valence-electron chi connectivity index (χ0n) is 17.2.